The lowest BCUT2D eigenvalue weighted by atomic mass is 9.95. The number of Topliss-reactive ketones (excluding diaryl/α,β-unsaturated/α-hetero) is 1. The van der Waals surface area contributed by atoms with Crippen molar-refractivity contribution in [2.24, 2.45) is 0 Å². The number of carbonyl (C=O) groups is 2. The number of benzene rings is 2. The SMILES string of the molecule is COCCCN1C(=O)C(=O)C(=C(O)c2ccc(S(=O)(=O)N3CCCCC3)cc2)[C@@H]1c1cccc(Cl)c1. The average molecular weight is 533 g/mol. The van der Waals surface area contributed by atoms with Crippen LogP contribution in [0.2, 0.25) is 5.02 Å². The van der Waals surface area contributed by atoms with E-state index in [0.29, 0.717) is 36.7 Å². The maximum absolute atomic E-state index is 13.1. The molecular weight excluding hydrogens is 504 g/mol. The minimum atomic E-state index is -3.64. The summed E-state index contributed by atoms with van der Waals surface area (Å²) in [5.41, 5.74) is 0.769. The molecule has 4 rings (SSSR count). The summed E-state index contributed by atoms with van der Waals surface area (Å²) in [7, 11) is -2.09. The van der Waals surface area contributed by atoms with Gasteiger partial charge >= 0.3 is 0 Å². The minimum absolute atomic E-state index is 0.0636. The minimum Gasteiger partial charge on any atom is -0.507 e. The van der Waals surface area contributed by atoms with E-state index < -0.39 is 27.8 Å². The second-order valence-electron chi connectivity index (χ2n) is 8.88. The first-order valence-corrected chi connectivity index (χ1v) is 13.7. The normalized spacial score (nSPS) is 20.7. The quantitative estimate of drug-likeness (QED) is 0.239. The van der Waals surface area contributed by atoms with Gasteiger partial charge in [0, 0.05) is 43.9 Å². The Morgan fingerprint density at radius 3 is 2.42 bits per heavy atom. The van der Waals surface area contributed by atoms with E-state index >= 15 is 0 Å². The van der Waals surface area contributed by atoms with Gasteiger partial charge in [0.25, 0.3) is 11.7 Å². The molecular formula is C26H29ClN2O6S. The topological polar surface area (TPSA) is 104 Å². The Bertz CT molecular complexity index is 1270. The van der Waals surface area contributed by atoms with Gasteiger partial charge in [-0.1, -0.05) is 30.2 Å². The second kappa shape index (κ2) is 11.1. The number of hydrogen-bond acceptors (Lipinski definition) is 6. The first-order valence-electron chi connectivity index (χ1n) is 11.9. The number of sulfonamides is 1. The van der Waals surface area contributed by atoms with Gasteiger partial charge in [-0.2, -0.15) is 4.31 Å². The number of piperidine rings is 1. The van der Waals surface area contributed by atoms with Crippen molar-refractivity contribution in [3.05, 3.63) is 70.3 Å². The van der Waals surface area contributed by atoms with Gasteiger partial charge in [0.15, 0.2) is 0 Å². The van der Waals surface area contributed by atoms with E-state index in [0.717, 1.165) is 19.3 Å². The predicted molar refractivity (Wildman–Crippen MR) is 136 cm³/mol. The zero-order chi connectivity index (χ0) is 25.9. The molecule has 0 bridgehead atoms. The number of aliphatic hydroxyl groups excluding tert-OH is 1. The van der Waals surface area contributed by atoms with Crippen molar-refractivity contribution in [3.8, 4) is 0 Å². The standard InChI is InChI=1S/C26H29ClN2O6S/c1-35-16-6-15-29-23(19-7-5-8-20(27)17-19)22(25(31)26(29)32)24(30)18-9-11-21(12-10-18)36(33,34)28-13-3-2-4-14-28/h5,7-12,17,23,30H,2-4,6,13-16H2,1H3/t23-/m0/s1. The zero-order valence-corrected chi connectivity index (χ0v) is 21.6. The van der Waals surface area contributed by atoms with Crippen LogP contribution in [0.1, 0.15) is 42.9 Å². The largest absolute Gasteiger partial charge is 0.507 e. The van der Waals surface area contributed by atoms with E-state index in [1.54, 1.807) is 31.4 Å². The third-order valence-corrected chi connectivity index (χ3v) is 8.68. The molecule has 0 saturated carbocycles. The van der Waals surface area contributed by atoms with E-state index in [9.17, 15) is 23.1 Å². The molecule has 2 fully saturated rings. The average Bonchev–Trinajstić information content (AvgIpc) is 3.14. The smallest absolute Gasteiger partial charge is 0.295 e. The monoisotopic (exact) mass is 532 g/mol. The lowest BCUT2D eigenvalue weighted by Gasteiger charge is -2.26. The van der Waals surface area contributed by atoms with Crippen LogP contribution in [0.3, 0.4) is 0 Å². The summed E-state index contributed by atoms with van der Waals surface area (Å²) < 4.78 is 32.5. The molecule has 0 unspecified atom stereocenters. The number of hydrogen-bond donors (Lipinski definition) is 1. The first-order chi connectivity index (χ1) is 17.3. The Morgan fingerprint density at radius 1 is 1.08 bits per heavy atom. The summed E-state index contributed by atoms with van der Waals surface area (Å²) in [6.07, 6.45) is 3.16. The van der Waals surface area contributed by atoms with Gasteiger partial charge in [0.05, 0.1) is 16.5 Å². The molecule has 2 heterocycles. The fourth-order valence-electron chi connectivity index (χ4n) is 4.71. The molecule has 2 aromatic rings. The molecule has 1 atom stereocenters. The summed E-state index contributed by atoms with van der Waals surface area (Å²) in [4.78, 5) is 27.6. The van der Waals surface area contributed by atoms with Gasteiger partial charge < -0.3 is 14.7 Å². The number of nitrogens with zero attached hydrogens (tertiary/aromatic N) is 2. The Hall–Kier alpha value is -2.72. The lowest BCUT2D eigenvalue weighted by Crippen LogP contribution is -2.35. The van der Waals surface area contributed by atoms with Crippen LogP contribution < -0.4 is 0 Å². The molecule has 0 aromatic heterocycles. The number of ketones is 1. The van der Waals surface area contributed by atoms with Crippen LogP contribution in [0, 0.1) is 0 Å². The number of ether oxygens (including phenoxy) is 1. The van der Waals surface area contributed by atoms with E-state index in [-0.39, 0.29) is 28.3 Å². The Balaban J connectivity index is 1.72. The molecule has 10 heteroatoms. The molecule has 0 spiro atoms. The van der Waals surface area contributed by atoms with Crippen molar-refractivity contribution < 1.29 is 27.9 Å². The molecule has 0 aliphatic carbocycles. The van der Waals surface area contributed by atoms with E-state index in [4.69, 9.17) is 16.3 Å². The van der Waals surface area contributed by atoms with Crippen LogP contribution in [0.25, 0.3) is 5.76 Å². The molecule has 2 saturated heterocycles. The fraction of sp³-hybridized carbons (Fsp3) is 0.385. The number of aliphatic hydroxyl groups is 1. The van der Waals surface area contributed by atoms with E-state index in [1.165, 1.54) is 33.5 Å². The van der Waals surface area contributed by atoms with Crippen molar-refractivity contribution >= 4 is 39.1 Å². The van der Waals surface area contributed by atoms with Gasteiger partial charge in [-0.3, -0.25) is 9.59 Å². The Morgan fingerprint density at radius 2 is 1.78 bits per heavy atom. The van der Waals surface area contributed by atoms with Crippen molar-refractivity contribution in [2.45, 2.75) is 36.6 Å². The van der Waals surface area contributed by atoms with Gasteiger partial charge in [0.1, 0.15) is 5.76 Å². The number of carbonyl (C=O) groups excluding carboxylic acids is 2. The summed E-state index contributed by atoms with van der Waals surface area (Å²) in [5.74, 6) is -1.89. The van der Waals surface area contributed by atoms with Crippen molar-refractivity contribution in [1.82, 2.24) is 9.21 Å². The highest BCUT2D eigenvalue weighted by Crippen LogP contribution is 2.40. The molecule has 2 aromatic carbocycles. The zero-order valence-electron chi connectivity index (χ0n) is 20.0. The highest BCUT2D eigenvalue weighted by molar-refractivity contribution is 7.89. The third kappa shape index (κ3) is 5.20. The van der Waals surface area contributed by atoms with Crippen LogP contribution in [-0.2, 0) is 24.3 Å². The molecule has 1 N–H and O–H groups in total. The van der Waals surface area contributed by atoms with Crippen LogP contribution in [0.4, 0.5) is 0 Å². The molecule has 2 aliphatic heterocycles. The molecule has 192 valence electrons. The predicted octanol–water partition coefficient (Wildman–Crippen LogP) is 3.97. The number of likely N-dealkylation sites (tertiary alicyclic amines) is 1. The number of rotatable bonds is 8. The summed E-state index contributed by atoms with van der Waals surface area (Å²) in [6.45, 7) is 1.62. The van der Waals surface area contributed by atoms with Crippen molar-refractivity contribution in [1.29, 1.82) is 0 Å². The van der Waals surface area contributed by atoms with Gasteiger partial charge in [-0.25, -0.2) is 8.42 Å². The maximum Gasteiger partial charge on any atom is 0.295 e. The first kappa shape index (κ1) is 26.3. The summed E-state index contributed by atoms with van der Waals surface area (Å²) >= 11 is 6.19. The summed E-state index contributed by atoms with van der Waals surface area (Å²) in [5, 5.41) is 11.6. The Kier molecular flexibility index (Phi) is 8.14. The third-order valence-electron chi connectivity index (χ3n) is 6.53. The molecule has 8 nitrogen and oxygen atoms in total. The van der Waals surface area contributed by atoms with E-state index in [1.807, 2.05) is 0 Å². The molecule has 0 radical (unpaired) electrons. The van der Waals surface area contributed by atoms with Crippen molar-refractivity contribution in [2.75, 3.05) is 33.4 Å². The Labute approximate surface area is 216 Å². The summed E-state index contributed by atoms with van der Waals surface area (Å²) in [6, 6.07) is 11.7. The van der Waals surface area contributed by atoms with Crippen LogP contribution in [0.15, 0.2) is 59.0 Å². The molecule has 36 heavy (non-hydrogen) atoms. The van der Waals surface area contributed by atoms with Crippen LogP contribution in [0.5, 0.6) is 0 Å². The number of methoxy groups -OCH3 is 1. The van der Waals surface area contributed by atoms with Gasteiger partial charge in [-0.15, -0.1) is 0 Å². The fourth-order valence-corrected chi connectivity index (χ4v) is 6.42. The molecule has 1 amide bonds. The van der Waals surface area contributed by atoms with Crippen LogP contribution >= 0.6 is 11.6 Å². The van der Waals surface area contributed by atoms with Gasteiger partial charge in [0.2, 0.25) is 10.0 Å². The van der Waals surface area contributed by atoms with Gasteiger partial charge in [-0.05, 0) is 61.2 Å². The highest BCUT2D eigenvalue weighted by atomic mass is 35.5. The van der Waals surface area contributed by atoms with E-state index in [2.05, 4.69) is 0 Å². The maximum atomic E-state index is 13.1. The van der Waals surface area contributed by atoms with Crippen molar-refractivity contribution in [3.63, 3.8) is 0 Å². The van der Waals surface area contributed by atoms with Crippen LogP contribution in [-0.4, -0.2) is 67.8 Å². The number of halogens is 1. The highest BCUT2D eigenvalue weighted by Gasteiger charge is 2.45. The lowest BCUT2D eigenvalue weighted by molar-refractivity contribution is -0.140. The molecule has 2 aliphatic rings. The second-order valence-corrected chi connectivity index (χ2v) is 11.3. The number of amides is 1.